The molecule has 2 unspecified atom stereocenters. The predicted octanol–water partition coefficient (Wildman–Crippen LogP) is 4.60. The number of aromatic nitrogens is 3. The van der Waals surface area contributed by atoms with Crippen LogP contribution in [0.25, 0.3) is 16.8 Å². The SMILES string of the molecule is CC(C)(C)OC(=O)N=C(NC(=O)OC(C)(C)C)C1CN=CC2=CCC(C3=C(c4cnc5ccccn45)C(=O)NC3=O)c3ccn1c32. The molecule has 13 nitrogen and oxygen atoms in total. The van der Waals surface area contributed by atoms with Gasteiger partial charge >= 0.3 is 12.2 Å². The molecule has 0 saturated carbocycles. The highest BCUT2D eigenvalue weighted by Crippen LogP contribution is 2.44. The topological polar surface area (TPSA) is 158 Å². The Morgan fingerprint density at radius 3 is 2.52 bits per heavy atom. The highest BCUT2D eigenvalue weighted by atomic mass is 16.6. The van der Waals surface area contributed by atoms with Crippen molar-refractivity contribution in [3.8, 4) is 0 Å². The van der Waals surface area contributed by atoms with Crippen molar-refractivity contribution in [2.45, 2.75) is 71.1 Å². The summed E-state index contributed by atoms with van der Waals surface area (Å²) in [5.74, 6) is -1.45. The van der Waals surface area contributed by atoms with Gasteiger partial charge in [-0.2, -0.15) is 4.99 Å². The number of pyridine rings is 1. The number of carbonyl (C=O) groups is 4. The van der Waals surface area contributed by atoms with Crippen molar-refractivity contribution in [3.63, 3.8) is 0 Å². The second-order valence-electron chi connectivity index (χ2n) is 13.2. The van der Waals surface area contributed by atoms with Crippen LogP contribution in [0, 0.1) is 0 Å². The molecular formula is C33H35N7O6. The number of hydrogen-bond donors (Lipinski definition) is 2. The van der Waals surface area contributed by atoms with E-state index in [2.05, 4.69) is 25.6 Å². The summed E-state index contributed by atoms with van der Waals surface area (Å²) in [5.41, 5.74) is 2.46. The van der Waals surface area contributed by atoms with Gasteiger partial charge in [0.15, 0.2) is 0 Å². The van der Waals surface area contributed by atoms with Crippen molar-refractivity contribution in [2.75, 3.05) is 6.54 Å². The molecule has 1 aliphatic carbocycles. The van der Waals surface area contributed by atoms with Gasteiger partial charge in [-0.1, -0.05) is 12.1 Å². The number of nitrogens with zero attached hydrogens (tertiary/aromatic N) is 5. The van der Waals surface area contributed by atoms with Gasteiger partial charge in [0, 0.05) is 35.7 Å². The second kappa shape index (κ2) is 11.2. The smallest absolute Gasteiger partial charge is 0.435 e. The van der Waals surface area contributed by atoms with Crippen LogP contribution in [-0.4, -0.2) is 67.7 Å². The Balaban J connectivity index is 1.45. The minimum absolute atomic E-state index is 0.0122. The van der Waals surface area contributed by atoms with E-state index in [9.17, 15) is 19.2 Å². The van der Waals surface area contributed by atoms with Crippen molar-refractivity contribution in [1.82, 2.24) is 24.6 Å². The summed E-state index contributed by atoms with van der Waals surface area (Å²) in [6.07, 6.45) is 7.66. The zero-order valence-electron chi connectivity index (χ0n) is 26.5. The molecule has 0 saturated heterocycles. The van der Waals surface area contributed by atoms with Crippen molar-refractivity contribution in [3.05, 3.63) is 71.5 Å². The van der Waals surface area contributed by atoms with E-state index < -0.39 is 47.2 Å². The average Bonchev–Trinajstić information content (AvgIpc) is 3.60. The number of imidazole rings is 1. The first-order valence-electron chi connectivity index (χ1n) is 14.9. The first-order chi connectivity index (χ1) is 21.7. The van der Waals surface area contributed by atoms with Crippen LogP contribution < -0.4 is 10.6 Å². The number of ether oxygens (including phenoxy) is 2. The molecule has 0 spiro atoms. The van der Waals surface area contributed by atoms with Gasteiger partial charge in [0.1, 0.15) is 28.7 Å². The van der Waals surface area contributed by atoms with Crippen LogP contribution in [-0.2, 0) is 19.1 Å². The molecule has 3 aromatic rings. The normalized spacial score (nSPS) is 19.9. The highest BCUT2D eigenvalue weighted by Gasteiger charge is 2.41. The van der Waals surface area contributed by atoms with Gasteiger partial charge in [0.05, 0.1) is 29.7 Å². The summed E-state index contributed by atoms with van der Waals surface area (Å²) in [6, 6.07) is 6.64. The van der Waals surface area contributed by atoms with Gasteiger partial charge in [-0.15, -0.1) is 0 Å². The number of amidine groups is 1. The number of fused-ring (bicyclic) bond motifs is 1. The van der Waals surface area contributed by atoms with Gasteiger partial charge < -0.3 is 14.0 Å². The minimum atomic E-state index is -0.884. The molecule has 2 aliphatic heterocycles. The fraction of sp³-hybridized carbons (Fsp3) is 0.364. The summed E-state index contributed by atoms with van der Waals surface area (Å²) >= 11 is 0. The molecule has 2 atom stereocenters. The first kappa shape index (κ1) is 30.7. The maximum atomic E-state index is 13.4. The molecule has 3 aromatic heterocycles. The van der Waals surface area contributed by atoms with Crippen molar-refractivity contribution in [1.29, 1.82) is 0 Å². The Hall–Kier alpha value is -5.33. The van der Waals surface area contributed by atoms with E-state index >= 15 is 0 Å². The maximum Gasteiger partial charge on any atom is 0.435 e. The molecule has 0 fully saturated rings. The Morgan fingerprint density at radius 1 is 1.02 bits per heavy atom. The minimum Gasteiger partial charge on any atom is -0.444 e. The number of nitrogens with one attached hydrogen (secondary N) is 2. The first-order valence-corrected chi connectivity index (χ1v) is 14.9. The van der Waals surface area contributed by atoms with E-state index in [1.165, 1.54) is 0 Å². The third-order valence-corrected chi connectivity index (χ3v) is 7.55. The largest absolute Gasteiger partial charge is 0.444 e. The Kier molecular flexibility index (Phi) is 7.49. The van der Waals surface area contributed by atoms with Crippen LogP contribution in [0.1, 0.15) is 76.9 Å². The van der Waals surface area contributed by atoms with Gasteiger partial charge in [-0.25, -0.2) is 14.6 Å². The molecule has 238 valence electrons. The number of hydrogen-bond acceptors (Lipinski definition) is 8. The molecule has 6 rings (SSSR count). The number of carbonyl (C=O) groups excluding carboxylic acids is 4. The summed E-state index contributed by atoms with van der Waals surface area (Å²) in [6.45, 7) is 10.5. The van der Waals surface area contributed by atoms with Crippen LogP contribution in [0.2, 0.25) is 0 Å². The zero-order chi connectivity index (χ0) is 33.0. The Bertz CT molecular complexity index is 1910. The van der Waals surface area contributed by atoms with Crippen LogP contribution in [0.4, 0.5) is 9.59 Å². The number of aliphatic imine (C=N–C) groups is 2. The summed E-state index contributed by atoms with van der Waals surface area (Å²) in [7, 11) is 0. The fourth-order valence-electron chi connectivity index (χ4n) is 5.88. The van der Waals surface area contributed by atoms with Crippen molar-refractivity contribution in [2.24, 2.45) is 9.98 Å². The summed E-state index contributed by atoms with van der Waals surface area (Å²) in [4.78, 5) is 65.7. The molecule has 0 bridgehead atoms. The quantitative estimate of drug-likeness (QED) is 0.245. The number of alkyl carbamates (subject to hydrolysis) is 1. The van der Waals surface area contributed by atoms with E-state index in [1.54, 1.807) is 70.7 Å². The molecule has 13 heteroatoms. The predicted molar refractivity (Wildman–Crippen MR) is 170 cm³/mol. The lowest BCUT2D eigenvalue weighted by Gasteiger charge is -2.27. The number of allylic oxidation sites excluding steroid dienone is 2. The fourth-order valence-corrected chi connectivity index (χ4v) is 5.88. The third-order valence-electron chi connectivity index (χ3n) is 7.55. The van der Waals surface area contributed by atoms with Crippen LogP contribution in [0.3, 0.4) is 0 Å². The molecule has 4 amide bonds. The van der Waals surface area contributed by atoms with E-state index in [4.69, 9.17) is 9.47 Å². The van der Waals surface area contributed by atoms with Crippen LogP contribution in [0.5, 0.6) is 0 Å². The van der Waals surface area contributed by atoms with E-state index in [0.717, 1.165) is 16.8 Å². The summed E-state index contributed by atoms with van der Waals surface area (Å²) in [5, 5.41) is 5.14. The molecule has 0 aromatic carbocycles. The molecule has 5 heterocycles. The van der Waals surface area contributed by atoms with E-state index in [-0.39, 0.29) is 18.0 Å². The van der Waals surface area contributed by atoms with Crippen molar-refractivity contribution < 1.29 is 28.7 Å². The average molecular weight is 626 g/mol. The Morgan fingerprint density at radius 2 is 1.78 bits per heavy atom. The molecule has 2 N–H and O–H groups in total. The summed E-state index contributed by atoms with van der Waals surface area (Å²) < 4.78 is 14.6. The second-order valence-corrected chi connectivity index (χ2v) is 13.2. The molecule has 46 heavy (non-hydrogen) atoms. The van der Waals surface area contributed by atoms with Gasteiger partial charge in [-0.3, -0.25) is 29.6 Å². The lowest BCUT2D eigenvalue weighted by molar-refractivity contribution is -0.123. The van der Waals surface area contributed by atoms with Crippen LogP contribution in [0.15, 0.2) is 64.5 Å². The van der Waals surface area contributed by atoms with Crippen LogP contribution >= 0.6 is 0 Å². The van der Waals surface area contributed by atoms with E-state index in [1.807, 2.05) is 34.9 Å². The Labute approximate surface area is 265 Å². The monoisotopic (exact) mass is 625 g/mol. The number of amides is 4. The van der Waals surface area contributed by atoms with Gasteiger partial charge in [0.2, 0.25) is 0 Å². The lowest BCUT2D eigenvalue weighted by Crippen LogP contribution is -2.42. The van der Waals surface area contributed by atoms with E-state index in [0.29, 0.717) is 23.3 Å². The standard InChI is InChI=1S/C33H35N7O6/c1-32(2,3)45-30(43)36-27(37-31(44)46-33(4,5)6)22-16-34-15-18-10-11-19(20-12-14-40(22)26(18)20)24-25(29(42)38-28(24)41)21-17-35-23-9-7-8-13-39(21)23/h7-10,12-15,17,19,22H,11,16H2,1-6H3,(H,38,41,42)(H,36,37,43,44). The van der Waals surface area contributed by atoms with Crippen molar-refractivity contribution >= 4 is 52.8 Å². The lowest BCUT2D eigenvalue weighted by atomic mass is 9.80. The number of rotatable bonds is 3. The zero-order valence-corrected chi connectivity index (χ0v) is 26.5. The highest BCUT2D eigenvalue weighted by molar-refractivity contribution is 6.36. The molecular weight excluding hydrogens is 590 g/mol. The van der Waals surface area contributed by atoms with Gasteiger partial charge in [0.25, 0.3) is 11.8 Å². The molecule has 3 aliphatic rings. The van der Waals surface area contributed by atoms with Gasteiger partial charge in [-0.05, 0) is 71.7 Å². The maximum absolute atomic E-state index is 13.4. The third kappa shape index (κ3) is 5.87. The number of imide groups is 1. The molecule has 0 radical (unpaired) electrons.